The van der Waals surface area contributed by atoms with Crippen molar-refractivity contribution in [3.8, 4) is 44.5 Å². The Balaban J connectivity index is 1.07. The molecular weight excluding hydrogens is 867 g/mol. The van der Waals surface area contributed by atoms with E-state index in [1.165, 1.54) is 143 Å². The van der Waals surface area contributed by atoms with E-state index in [4.69, 9.17) is 0 Å². The maximum atomic E-state index is 2.58. The fraction of sp³-hybridized carbons (Fsp3) is 0.211. The van der Waals surface area contributed by atoms with Crippen LogP contribution in [-0.2, 0) is 16.2 Å². The minimum atomic E-state index is -0.523. The Bertz CT molecular complexity index is 3680. The standard InChI is InChI=1S/C71H63N/c1-69(2,3)52-34-39-58-59-40-35-53(70(4,5)6)44-65(59)71(64(58)43-52)63-28-14-12-24-57(63)60-41-38-55(45-66(60)71)72(54-36-32-47(33-37-54)51-31-30-46-18-10-11-21-50(46)42-51)67-29-15-13-25-61(67)62-27-17-23-49-22-16-26-56(68(49)62)48-19-8-7-9-20-48/h10-18,21-45,48H,7-9,19-20H2,1-6H3. The van der Waals surface area contributed by atoms with Crippen molar-refractivity contribution in [1.29, 1.82) is 0 Å². The molecule has 13 rings (SSSR count). The van der Waals surface area contributed by atoms with Gasteiger partial charge in [-0.3, -0.25) is 0 Å². The van der Waals surface area contributed by atoms with Gasteiger partial charge in [0.05, 0.1) is 11.1 Å². The highest BCUT2D eigenvalue weighted by Crippen LogP contribution is 2.64. The highest BCUT2D eigenvalue weighted by molar-refractivity contribution is 6.04. The second kappa shape index (κ2) is 16.8. The van der Waals surface area contributed by atoms with Crippen molar-refractivity contribution in [3.63, 3.8) is 0 Å². The molecule has 1 fully saturated rings. The first-order valence-electron chi connectivity index (χ1n) is 26.5. The summed E-state index contributed by atoms with van der Waals surface area (Å²) in [5.74, 6) is 0.568. The summed E-state index contributed by atoms with van der Waals surface area (Å²) in [7, 11) is 0. The zero-order valence-electron chi connectivity index (χ0n) is 42.7. The van der Waals surface area contributed by atoms with Crippen LogP contribution >= 0.6 is 0 Å². The lowest BCUT2D eigenvalue weighted by Gasteiger charge is -2.34. The van der Waals surface area contributed by atoms with Crippen LogP contribution in [0, 0.1) is 0 Å². The fourth-order valence-electron chi connectivity index (χ4n) is 13.1. The van der Waals surface area contributed by atoms with E-state index in [-0.39, 0.29) is 10.8 Å². The topological polar surface area (TPSA) is 3.24 Å². The zero-order valence-corrected chi connectivity index (χ0v) is 42.7. The first-order valence-corrected chi connectivity index (χ1v) is 26.5. The predicted molar refractivity (Wildman–Crippen MR) is 307 cm³/mol. The summed E-state index contributed by atoms with van der Waals surface area (Å²) in [6.07, 6.45) is 6.45. The van der Waals surface area contributed by atoms with E-state index in [0.717, 1.165) is 11.4 Å². The Morgan fingerprint density at radius 1 is 0.375 bits per heavy atom. The van der Waals surface area contributed by atoms with Crippen molar-refractivity contribution in [1.82, 2.24) is 0 Å². The van der Waals surface area contributed by atoms with E-state index < -0.39 is 5.41 Å². The van der Waals surface area contributed by atoms with E-state index in [0.29, 0.717) is 5.92 Å². The van der Waals surface area contributed by atoms with Gasteiger partial charge in [-0.2, -0.15) is 0 Å². The molecule has 1 saturated carbocycles. The molecule has 0 heterocycles. The molecule has 10 aromatic rings. The third kappa shape index (κ3) is 7.03. The summed E-state index contributed by atoms with van der Waals surface area (Å²) in [5, 5.41) is 5.23. The van der Waals surface area contributed by atoms with Gasteiger partial charge < -0.3 is 4.90 Å². The molecule has 0 radical (unpaired) electrons. The van der Waals surface area contributed by atoms with Crippen LogP contribution in [0.1, 0.15) is 119 Å². The summed E-state index contributed by atoms with van der Waals surface area (Å²) in [6.45, 7) is 14.1. The van der Waals surface area contributed by atoms with E-state index in [1.807, 2.05) is 0 Å². The van der Waals surface area contributed by atoms with Gasteiger partial charge in [0.15, 0.2) is 0 Å². The highest BCUT2D eigenvalue weighted by Gasteiger charge is 2.52. The molecule has 352 valence electrons. The molecule has 0 saturated heterocycles. The van der Waals surface area contributed by atoms with Gasteiger partial charge in [-0.25, -0.2) is 0 Å². The quantitative estimate of drug-likeness (QED) is 0.161. The van der Waals surface area contributed by atoms with Crippen molar-refractivity contribution in [3.05, 3.63) is 245 Å². The van der Waals surface area contributed by atoms with Crippen molar-refractivity contribution in [2.45, 2.75) is 95.8 Å². The average Bonchev–Trinajstić information content (AvgIpc) is 3.88. The highest BCUT2D eigenvalue weighted by atomic mass is 15.1. The van der Waals surface area contributed by atoms with Crippen LogP contribution in [0.15, 0.2) is 206 Å². The summed E-state index contributed by atoms with van der Waals surface area (Å²) in [4.78, 5) is 2.56. The molecule has 0 aliphatic heterocycles. The number of rotatable bonds is 6. The van der Waals surface area contributed by atoms with Gasteiger partial charge in [-0.15, -0.1) is 0 Å². The Hall–Kier alpha value is -7.48. The lowest BCUT2D eigenvalue weighted by Crippen LogP contribution is -2.27. The Kier molecular flexibility index (Phi) is 10.4. The molecule has 0 N–H and O–H groups in total. The molecule has 0 aromatic heterocycles. The van der Waals surface area contributed by atoms with Crippen LogP contribution in [-0.4, -0.2) is 0 Å². The second-order valence-corrected chi connectivity index (χ2v) is 23.1. The SMILES string of the molecule is CC(C)(C)c1ccc2c(c1)C1(c3ccccc3-c3ccc(N(c4ccc(-c5ccc6ccccc6c5)cc4)c4ccccc4-c4cccc5cccc(C6CCCCC6)c45)cc31)c1cc(C(C)(C)C)ccc1-2. The molecule has 72 heavy (non-hydrogen) atoms. The number of fused-ring (bicyclic) bond motifs is 12. The summed E-state index contributed by atoms with van der Waals surface area (Å²) in [6, 6.07) is 79.5. The molecule has 0 amide bonds. The van der Waals surface area contributed by atoms with Gasteiger partial charge in [0.2, 0.25) is 0 Å². The number of nitrogens with zero attached hydrogens (tertiary/aromatic N) is 1. The lowest BCUT2D eigenvalue weighted by molar-refractivity contribution is 0.445. The fourth-order valence-corrected chi connectivity index (χ4v) is 13.1. The van der Waals surface area contributed by atoms with Gasteiger partial charge in [-0.1, -0.05) is 231 Å². The summed E-state index contributed by atoms with van der Waals surface area (Å²) >= 11 is 0. The van der Waals surface area contributed by atoms with Crippen LogP contribution in [0.3, 0.4) is 0 Å². The number of hydrogen-bond donors (Lipinski definition) is 0. The molecule has 0 unspecified atom stereocenters. The number of benzene rings is 10. The molecule has 3 aliphatic carbocycles. The van der Waals surface area contributed by atoms with Gasteiger partial charge >= 0.3 is 0 Å². The zero-order chi connectivity index (χ0) is 48.9. The summed E-state index contributed by atoms with van der Waals surface area (Å²) < 4.78 is 0. The average molecular weight is 930 g/mol. The van der Waals surface area contributed by atoms with Gasteiger partial charge in [0.1, 0.15) is 0 Å². The first-order chi connectivity index (χ1) is 35.0. The monoisotopic (exact) mass is 929 g/mol. The number of hydrogen-bond acceptors (Lipinski definition) is 1. The molecule has 10 aromatic carbocycles. The minimum absolute atomic E-state index is 0.0255. The van der Waals surface area contributed by atoms with Gasteiger partial charge in [0.25, 0.3) is 0 Å². The molecule has 0 atom stereocenters. The summed E-state index contributed by atoms with van der Waals surface area (Å²) in [5.41, 5.74) is 22.8. The number of anilines is 3. The van der Waals surface area contributed by atoms with E-state index in [2.05, 4.69) is 253 Å². The van der Waals surface area contributed by atoms with Crippen molar-refractivity contribution in [2.75, 3.05) is 4.90 Å². The Morgan fingerprint density at radius 2 is 0.903 bits per heavy atom. The lowest BCUT2D eigenvalue weighted by atomic mass is 9.68. The van der Waals surface area contributed by atoms with Crippen LogP contribution in [0.5, 0.6) is 0 Å². The van der Waals surface area contributed by atoms with Crippen LogP contribution in [0.25, 0.3) is 66.1 Å². The normalized spacial score (nSPS) is 14.9. The third-order valence-electron chi connectivity index (χ3n) is 16.8. The van der Waals surface area contributed by atoms with E-state index >= 15 is 0 Å². The van der Waals surface area contributed by atoms with Crippen molar-refractivity contribution >= 4 is 38.6 Å². The van der Waals surface area contributed by atoms with Gasteiger partial charge in [0, 0.05) is 16.9 Å². The third-order valence-corrected chi connectivity index (χ3v) is 16.8. The van der Waals surface area contributed by atoms with Crippen LogP contribution in [0.4, 0.5) is 17.1 Å². The smallest absolute Gasteiger partial charge is 0.0726 e. The second-order valence-electron chi connectivity index (χ2n) is 23.1. The molecule has 1 spiro atoms. The van der Waals surface area contributed by atoms with Crippen molar-refractivity contribution < 1.29 is 0 Å². The Labute approximate surface area is 426 Å². The first kappa shape index (κ1) is 44.5. The van der Waals surface area contributed by atoms with E-state index in [9.17, 15) is 0 Å². The van der Waals surface area contributed by atoms with Crippen LogP contribution < -0.4 is 4.90 Å². The molecular formula is C71H63N. The van der Waals surface area contributed by atoms with Crippen LogP contribution in [0.2, 0.25) is 0 Å². The van der Waals surface area contributed by atoms with E-state index in [1.54, 1.807) is 0 Å². The maximum Gasteiger partial charge on any atom is 0.0726 e. The molecule has 1 heteroatoms. The molecule has 1 nitrogen and oxygen atoms in total. The predicted octanol–water partition coefficient (Wildman–Crippen LogP) is 19.8. The molecule has 3 aliphatic rings. The maximum absolute atomic E-state index is 2.58. The largest absolute Gasteiger partial charge is 0.310 e. The molecule has 0 bridgehead atoms. The van der Waals surface area contributed by atoms with Crippen molar-refractivity contribution in [2.24, 2.45) is 0 Å². The van der Waals surface area contributed by atoms with Gasteiger partial charge in [-0.05, 0) is 165 Å². The number of para-hydroxylation sites is 1. The Morgan fingerprint density at radius 3 is 1.60 bits per heavy atom. The minimum Gasteiger partial charge on any atom is -0.310 e.